The van der Waals surface area contributed by atoms with Crippen LogP contribution in [0.25, 0.3) is 16.8 Å². The van der Waals surface area contributed by atoms with Gasteiger partial charge in [-0.2, -0.15) is 0 Å². The van der Waals surface area contributed by atoms with Gasteiger partial charge in [0.25, 0.3) is 5.91 Å². The molecule has 0 spiro atoms. The number of carbonyl (C=O) groups excluding carboxylic acids is 1. The number of piperidine rings is 1. The topological polar surface area (TPSA) is 84.1 Å². The second kappa shape index (κ2) is 9.02. The molecule has 0 bridgehead atoms. The molecule has 1 amide bonds. The van der Waals surface area contributed by atoms with Gasteiger partial charge in [-0.25, -0.2) is 9.78 Å². The maximum Gasteiger partial charge on any atom is 0.336 e. The summed E-state index contributed by atoms with van der Waals surface area (Å²) in [6.45, 7) is 1.08. The van der Waals surface area contributed by atoms with E-state index in [0.717, 1.165) is 41.2 Å². The summed E-state index contributed by atoms with van der Waals surface area (Å²) in [4.78, 5) is 31.7. The Morgan fingerprint density at radius 3 is 2.62 bits per heavy atom. The van der Waals surface area contributed by atoms with Crippen molar-refractivity contribution in [3.63, 3.8) is 0 Å². The van der Waals surface area contributed by atoms with E-state index >= 15 is 0 Å². The Labute approximate surface area is 197 Å². The summed E-state index contributed by atoms with van der Waals surface area (Å²) < 4.78 is 7.50. The second-order valence-corrected chi connectivity index (χ2v) is 8.45. The number of benzene rings is 2. The lowest BCUT2D eigenvalue weighted by atomic mass is 9.96. The number of likely N-dealkylation sites (tertiary alicyclic amines) is 1. The zero-order valence-electron chi connectivity index (χ0n) is 18.8. The highest BCUT2D eigenvalue weighted by molar-refractivity contribution is 6.04. The number of hydrogen-bond acceptors (Lipinski definition) is 4. The second-order valence-electron chi connectivity index (χ2n) is 8.45. The predicted molar refractivity (Wildman–Crippen MR) is 128 cm³/mol. The lowest BCUT2D eigenvalue weighted by Gasteiger charge is -2.32. The molecule has 1 unspecified atom stereocenters. The largest absolute Gasteiger partial charge is 0.497 e. The third kappa shape index (κ3) is 3.90. The van der Waals surface area contributed by atoms with Crippen molar-refractivity contribution in [2.24, 2.45) is 0 Å². The monoisotopic (exact) mass is 455 g/mol. The zero-order valence-corrected chi connectivity index (χ0v) is 18.8. The predicted octanol–water partition coefficient (Wildman–Crippen LogP) is 4.73. The van der Waals surface area contributed by atoms with Crippen LogP contribution in [-0.4, -0.2) is 51.5 Å². The van der Waals surface area contributed by atoms with E-state index in [9.17, 15) is 14.7 Å². The average molecular weight is 456 g/mol. The molecule has 3 heterocycles. The summed E-state index contributed by atoms with van der Waals surface area (Å²) >= 11 is 0. The first-order valence-corrected chi connectivity index (χ1v) is 11.3. The number of aromatic carboxylic acids is 1. The summed E-state index contributed by atoms with van der Waals surface area (Å²) in [5.41, 5.74) is 3.08. The quantitative estimate of drug-likeness (QED) is 0.470. The number of aromatic nitrogens is 2. The Bertz CT molecular complexity index is 1380. The van der Waals surface area contributed by atoms with Gasteiger partial charge in [0.1, 0.15) is 11.6 Å². The van der Waals surface area contributed by atoms with Crippen molar-refractivity contribution < 1.29 is 19.4 Å². The third-order valence-electron chi connectivity index (χ3n) is 6.38. The van der Waals surface area contributed by atoms with Crippen LogP contribution in [0, 0.1) is 0 Å². The van der Waals surface area contributed by atoms with Crippen molar-refractivity contribution in [3.05, 3.63) is 89.9 Å². The minimum Gasteiger partial charge on any atom is -0.497 e. The van der Waals surface area contributed by atoms with Gasteiger partial charge in [0, 0.05) is 30.8 Å². The zero-order chi connectivity index (χ0) is 23.7. The highest BCUT2D eigenvalue weighted by Gasteiger charge is 2.30. The molecular weight excluding hydrogens is 430 g/mol. The van der Waals surface area contributed by atoms with Gasteiger partial charge >= 0.3 is 5.97 Å². The Hall–Kier alpha value is -4.13. The van der Waals surface area contributed by atoms with Crippen LogP contribution in [0.4, 0.5) is 0 Å². The van der Waals surface area contributed by atoms with Crippen LogP contribution in [0.1, 0.15) is 45.3 Å². The van der Waals surface area contributed by atoms with E-state index in [0.29, 0.717) is 13.1 Å². The van der Waals surface area contributed by atoms with Crippen molar-refractivity contribution in [1.29, 1.82) is 0 Å². The Kier molecular flexibility index (Phi) is 5.76. The van der Waals surface area contributed by atoms with Crippen molar-refractivity contribution in [2.45, 2.75) is 18.8 Å². The average Bonchev–Trinajstić information content (AvgIpc) is 3.28. The number of carboxylic acid groups (broad SMARTS) is 1. The standard InChI is InChI=1S/C27H25N3O4/c1-34-20-10-6-8-18(16-20)24-23-13-4-5-15-30(23)25(28-24)19-9-7-14-29(17-19)26(31)21-11-2-3-12-22(21)27(32)33/h2-6,8,10-13,15-16,19H,7,9,14,17H2,1H3,(H,32,33). The molecule has 4 aromatic rings. The van der Waals surface area contributed by atoms with Gasteiger partial charge in [0.2, 0.25) is 0 Å². The van der Waals surface area contributed by atoms with Crippen LogP contribution in [0.5, 0.6) is 5.75 Å². The lowest BCUT2D eigenvalue weighted by Crippen LogP contribution is -2.40. The number of amides is 1. The fourth-order valence-electron chi connectivity index (χ4n) is 4.73. The number of pyridine rings is 1. The number of nitrogens with zero attached hydrogens (tertiary/aromatic N) is 3. The maximum atomic E-state index is 13.3. The molecule has 7 heteroatoms. The van der Waals surface area contributed by atoms with E-state index in [-0.39, 0.29) is 23.0 Å². The minimum atomic E-state index is -1.10. The van der Waals surface area contributed by atoms with Crippen LogP contribution in [0.3, 0.4) is 0 Å². The van der Waals surface area contributed by atoms with E-state index in [1.165, 1.54) is 6.07 Å². The van der Waals surface area contributed by atoms with Gasteiger partial charge in [0.05, 0.1) is 29.4 Å². The summed E-state index contributed by atoms with van der Waals surface area (Å²) in [7, 11) is 1.64. The van der Waals surface area contributed by atoms with Crippen LogP contribution < -0.4 is 4.74 Å². The SMILES string of the molecule is COc1cccc(-c2nc(C3CCCN(C(=O)c4ccccc4C(=O)O)C3)n3ccccc23)c1. The molecule has 172 valence electrons. The Morgan fingerprint density at radius 1 is 1.03 bits per heavy atom. The molecule has 1 aliphatic heterocycles. The Balaban J connectivity index is 1.50. The van der Waals surface area contributed by atoms with E-state index in [4.69, 9.17) is 9.72 Å². The molecule has 1 saturated heterocycles. The van der Waals surface area contributed by atoms with E-state index in [1.807, 2.05) is 48.7 Å². The third-order valence-corrected chi connectivity index (χ3v) is 6.38. The number of ether oxygens (including phenoxy) is 1. The summed E-state index contributed by atoms with van der Waals surface area (Å²) in [5.74, 6) is 0.348. The van der Waals surface area contributed by atoms with Crippen molar-refractivity contribution in [3.8, 4) is 17.0 Å². The molecule has 0 aliphatic carbocycles. The molecule has 2 aromatic heterocycles. The molecule has 1 aliphatic rings. The molecule has 0 saturated carbocycles. The normalized spacial score (nSPS) is 15.9. The van der Waals surface area contributed by atoms with Gasteiger partial charge in [-0.15, -0.1) is 0 Å². The van der Waals surface area contributed by atoms with Crippen LogP contribution in [0.2, 0.25) is 0 Å². The van der Waals surface area contributed by atoms with E-state index in [2.05, 4.69) is 4.40 Å². The fraction of sp³-hybridized carbons (Fsp3) is 0.222. The van der Waals surface area contributed by atoms with Gasteiger partial charge in [0.15, 0.2) is 0 Å². The highest BCUT2D eigenvalue weighted by Crippen LogP contribution is 2.33. The summed E-state index contributed by atoms with van der Waals surface area (Å²) in [6, 6.07) is 20.2. The van der Waals surface area contributed by atoms with E-state index in [1.54, 1.807) is 30.2 Å². The first kappa shape index (κ1) is 21.7. The highest BCUT2D eigenvalue weighted by atomic mass is 16.5. The first-order valence-electron chi connectivity index (χ1n) is 11.3. The molecular formula is C27H25N3O4. The summed E-state index contributed by atoms with van der Waals surface area (Å²) in [5, 5.41) is 9.52. The Morgan fingerprint density at radius 2 is 1.82 bits per heavy atom. The number of carbonyl (C=O) groups is 2. The number of fused-ring (bicyclic) bond motifs is 1. The van der Waals surface area contributed by atoms with Crippen molar-refractivity contribution >= 4 is 17.4 Å². The maximum absolute atomic E-state index is 13.3. The molecule has 1 atom stereocenters. The van der Waals surface area contributed by atoms with Crippen molar-refractivity contribution in [1.82, 2.24) is 14.3 Å². The molecule has 7 nitrogen and oxygen atoms in total. The van der Waals surface area contributed by atoms with Crippen LogP contribution >= 0.6 is 0 Å². The minimum absolute atomic E-state index is 0.0289. The van der Waals surface area contributed by atoms with Crippen LogP contribution in [-0.2, 0) is 0 Å². The number of imidazole rings is 1. The first-order chi connectivity index (χ1) is 16.6. The van der Waals surface area contributed by atoms with Gasteiger partial charge in [-0.05, 0) is 49.2 Å². The summed E-state index contributed by atoms with van der Waals surface area (Å²) in [6.07, 6.45) is 3.72. The van der Waals surface area contributed by atoms with E-state index < -0.39 is 5.97 Å². The number of rotatable bonds is 5. The van der Waals surface area contributed by atoms with Gasteiger partial charge < -0.3 is 19.1 Å². The smallest absolute Gasteiger partial charge is 0.336 e. The number of hydrogen-bond donors (Lipinski definition) is 1. The molecule has 5 rings (SSSR count). The number of methoxy groups -OCH3 is 1. The molecule has 0 radical (unpaired) electrons. The number of carboxylic acids is 1. The van der Waals surface area contributed by atoms with Gasteiger partial charge in [-0.3, -0.25) is 4.79 Å². The van der Waals surface area contributed by atoms with Gasteiger partial charge in [-0.1, -0.05) is 30.3 Å². The lowest BCUT2D eigenvalue weighted by molar-refractivity contribution is 0.0658. The molecule has 1 fully saturated rings. The molecule has 34 heavy (non-hydrogen) atoms. The molecule has 2 aromatic carbocycles. The molecule has 1 N–H and O–H groups in total. The van der Waals surface area contributed by atoms with Crippen LogP contribution in [0.15, 0.2) is 72.9 Å². The van der Waals surface area contributed by atoms with Crippen molar-refractivity contribution in [2.75, 3.05) is 20.2 Å². The fourth-order valence-corrected chi connectivity index (χ4v) is 4.73.